The van der Waals surface area contributed by atoms with Crippen LogP contribution in [0.2, 0.25) is 0 Å². The normalized spacial score (nSPS) is 10.2. The van der Waals surface area contributed by atoms with E-state index < -0.39 is 17.5 Å². The lowest BCUT2D eigenvalue weighted by atomic mass is 10.2. The van der Waals surface area contributed by atoms with Crippen LogP contribution in [0.3, 0.4) is 0 Å². The fraction of sp³-hybridized carbons (Fsp3) is 0.0526. The van der Waals surface area contributed by atoms with Crippen LogP contribution in [0, 0.1) is 11.6 Å². The van der Waals surface area contributed by atoms with E-state index in [9.17, 15) is 18.4 Å². The highest BCUT2D eigenvalue weighted by molar-refractivity contribution is 6.03. The van der Waals surface area contributed by atoms with Crippen LogP contribution < -0.4 is 16.0 Å². The Labute approximate surface area is 158 Å². The van der Waals surface area contributed by atoms with Gasteiger partial charge < -0.3 is 16.0 Å². The van der Waals surface area contributed by atoms with E-state index in [1.165, 1.54) is 25.3 Å². The van der Waals surface area contributed by atoms with Gasteiger partial charge in [0.05, 0.1) is 0 Å². The molecular weight excluding hydrogens is 368 g/mol. The zero-order valence-electron chi connectivity index (χ0n) is 14.7. The van der Waals surface area contributed by atoms with E-state index in [2.05, 4.69) is 25.9 Å². The fourth-order valence-electron chi connectivity index (χ4n) is 2.32. The first-order valence-electron chi connectivity index (χ1n) is 8.15. The number of nitrogens with zero attached hydrogens (tertiary/aromatic N) is 2. The van der Waals surface area contributed by atoms with Crippen molar-refractivity contribution in [2.45, 2.75) is 6.92 Å². The molecule has 9 heteroatoms. The summed E-state index contributed by atoms with van der Waals surface area (Å²) in [6, 6.07) is 11.3. The molecule has 0 spiro atoms. The Kier molecular flexibility index (Phi) is 5.54. The van der Waals surface area contributed by atoms with Gasteiger partial charge in [-0.1, -0.05) is 6.07 Å². The van der Waals surface area contributed by atoms with Crippen molar-refractivity contribution >= 4 is 34.8 Å². The second-order valence-electron chi connectivity index (χ2n) is 5.74. The number of amides is 2. The van der Waals surface area contributed by atoms with Gasteiger partial charge in [0.1, 0.15) is 5.69 Å². The zero-order valence-corrected chi connectivity index (χ0v) is 14.7. The number of nitrogens with one attached hydrogen (secondary N) is 3. The maximum Gasteiger partial charge on any atom is 0.274 e. The number of carbonyl (C=O) groups is 2. The third kappa shape index (κ3) is 4.85. The lowest BCUT2D eigenvalue weighted by molar-refractivity contribution is -0.114. The van der Waals surface area contributed by atoms with E-state index in [1.54, 1.807) is 24.3 Å². The summed E-state index contributed by atoms with van der Waals surface area (Å²) < 4.78 is 26.3. The maximum atomic E-state index is 13.3. The van der Waals surface area contributed by atoms with Gasteiger partial charge >= 0.3 is 0 Å². The van der Waals surface area contributed by atoms with E-state index in [0.29, 0.717) is 11.4 Å². The van der Waals surface area contributed by atoms with Crippen LogP contribution in [0.5, 0.6) is 0 Å². The monoisotopic (exact) mass is 383 g/mol. The SMILES string of the molecule is CC(=O)Nc1cccc(NC(=O)c2ccnc(Nc3ccc(F)c(F)c3)n2)c1. The molecule has 28 heavy (non-hydrogen) atoms. The number of halogens is 2. The first-order chi connectivity index (χ1) is 13.4. The third-order valence-corrected chi connectivity index (χ3v) is 3.50. The van der Waals surface area contributed by atoms with E-state index in [1.807, 2.05) is 0 Å². The van der Waals surface area contributed by atoms with Crippen molar-refractivity contribution in [3.8, 4) is 0 Å². The Hall–Kier alpha value is -3.88. The van der Waals surface area contributed by atoms with Crippen molar-refractivity contribution in [3.05, 3.63) is 72.1 Å². The molecule has 7 nitrogen and oxygen atoms in total. The van der Waals surface area contributed by atoms with Crippen molar-refractivity contribution in [1.82, 2.24) is 9.97 Å². The molecular formula is C19H15F2N5O2. The van der Waals surface area contributed by atoms with Gasteiger partial charge in [0.25, 0.3) is 5.91 Å². The molecule has 0 bridgehead atoms. The summed E-state index contributed by atoms with van der Waals surface area (Å²) in [7, 11) is 0. The largest absolute Gasteiger partial charge is 0.326 e. The van der Waals surface area contributed by atoms with Crippen LogP contribution in [-0.2, 0) is 4.79 Å². The minimum absolute atomic E-state index is 0.0469. The summed E-state index contributed by atoms with van der Waals surface area (Å²) in [6.45, 7) is 1.38. The van der Waals surface area contributed by atoms with E-state index >= 15 is 0 Å². The average Bonchev–Trinajstić information content (AvgIpc) is 2.65. The van der Waals surface area contributed by atoms with Gasteiger partial charge in [-0.15, -0.1) is 0 Å². The molecule has 0 fully saturated rings. The number of hydrogen-bond acceptors (Lipinski definition) is 5. The summed E-state index contributed by atoms with van der Waals surface area (Å²) in [5.74, 6) is -2.67. The number of rotatable bonds is 5. The molecule has 0 saturated carbocycles. The molecule has 3 rings (SSSR count). The molecule has 1 heterocycles. The predicted octanol–water partition coefficient (Wildman–Crippen LogP) is 3.71. The summed E-state index contributed by atoms with van der Waals surface area (Å²) in [5, 5.41) is 7.99. The van der Waals surface area contributed by atoms with Crippen LogP contribution in [0.25, 0.3) is 0 Å². The zero-order chi connectivity index (χ0) is 20.1. The maximum absolute atomic E-state index is 13.3. The summed E-state index contributed by atoms with van der Waals surface area (Å²) >= 11 is 0. The second kappa shape index (κ2) is 8.21. The molecule has 1 aromatic heterocycles. The molecule has 3 aromatic rings. The van der Waals surface area contributed by atoms with Gasteiger partial charge in [-0.25, -0.2) is 18.7 Å². The minimum atomic E-state index is -1.02. The molecule has 142 valence electrons. The average molecular weight is 383 g/mol. The standard InChI is InChI=1S/C19H15F2N5O2/c1-11(27)23-12-3-2-4-13(9-12)24-18(28)17-7-8-22-19(26-17)25-14-5-6-15(20)16(21)10-14/h2-10H,1H3,(H,23,27)(H,24,28)(H,22,25,26). The van der Waals surface area contributed by atoms with Gasteiger partial charge in [-0.2, -0.15) is 0 Å². The number of benzene rings is 2. The van der Waals surface area contributed by atoms with Crippen molar-refractivity contribution in [2.75, 3.05) is 16.0 Å². The lowest BCUT2D eigenvalue weighted by Gasteiger charge is -2.09. The Morgan fingerprint density at radius 3 is 2.36 bits per heavy atom. The number of hydrogen-bond donors (Lipinski definition) is 3. The molecule has 0 aliphatic carbocycles. The lowest BCUT2D eigenvalue weighted by Crippen LogP contribution is -2.15. The molecule has 2 amide bonds. The molecule has 0 radical (unpaired) electrons. The highest BCUT2D eigenvalue weighted by Crippen LogP contribution is 2.18. The van der Waals surface area contributed by atoms with Gasteiger partial charge in [0.2, 0.25) is 11.9 Å². The van der Waals surface area contributed by atoms with Crippen molar-refractivity contribution < 1.29 is 18.4 Å². The van der Waals surface area contributed by atoms with Crippen LogP contribution in [0.15, 0.2) is 54.7 Å². The molecule has 3 N–H and O–H groups in total. The summed E-state index contributed by atoms with van der Waals surface area (Å²) in [5.41, 5.74) is 1.29. The first kappa shape index (κ1) is 18.9. The Bertz CT molecular complexity index is 1040. The highest BCUT2D eigenvalue weighted by atomic mass is 19.2. The van der Waals surface area contributed by atoms with Gasteiger partial charge in [-0.3, -0.25) is 9.59 Å². The van der Waals surface area contributed by atoms with Crippen LogP contribution >= 0.6 is 0 Å². The van der Waals surface area contributed by atoms with E-state index in [-0.39, 0.29) is 23.2 Å². The van der Waals surface area contributed by atoms with Crippen molar-refractivity contribution in [2.24, 2.45) is 0 Å². The number of carbonyl (C=O) groups excluding carboxylic acids is 2. The Morgan fingerprint density at radius 2 is 1.64 bits per heavy atom. The van der Waals surface area contributed by atoms with E-state index in [0.717, 1.165) is 12.1 Å². The predicted molar refractivity (Wildman–Crippen MR) is 100 cm³/mol. The number of anilines is 4. The van der Waals surface area contributed by atoms with Crippen LogP contribution in [0.1, 0.15) is 17.4 Å². The topological polar surface area (TPSA) is 96.0 Å². The Balaban J connectivity index is 1.73. The third-order valence-electron chi connectivity index (χ3n) is 3.50. The fourth-order valence-corrected chi connectivity index (χ4v) is 2.32. The highest BCUT2D eigenvalue weighted by Gasteiger charge is 2.11. The quantitative estimate of drug-likeness (QED) is 0.624. The van der Waals surface area contributed by atoms with Crippen molar-refractivity contribution in [1.29, 1.82) is 0 Å². The molecule has 0 unspecified atom stereocenters. The molecule has 0 atom stereocenters. The second-order valence-corrected chi connectivity index (χ2v) is 5.74. The van der Waals surface area contributed by atoms with Gasteiger partial charge in [0, 0.05) is 36.2 Å². The molecule has 0 saturated heterocycles. The van der Waals surface area contributed by atoms with Crippen molar-refractivity contribution in [3.63, 3.8) is 0 Å². The van der Waals surface area contributed by atoms with Crippen LogP contribution in [0.4, 0.5) is 31.8 Å². The van der Waals surface area contributed by atoms with Crippen LogP contribution in [-0.4, -0.2) is 21.8 Å². The smallest absolute Gasteiger partial charge is 0.274 e. The number of aromatic nitrogens is 2. The van der Waals surface area contributed by atoms with E-state index in [4.69, 9.17) is 0 Å². The molecule has 0 aliphatic rings. The Morgan fingerprint density at radius 1 is 0.893 bits per heavy atom. The minimum Gasteiger partial charge on any atom is -0.326 e. The summed E-state index contributed by atoms with van der Waals surface area (Å²) in [6.07, 6.45) is 1.36. The first-order valence-corrected chi connectivity index (χ1v) is 8.15. The van der Waals surface area contributed by atoms with Gasteiger partial charge in [0.15, 0.2) is 11.6 Å². The summed E-state index contributed by atoms with van der Waals surface area (Å²) in [4.78, 5) is 31.6. The molecule has 2 aromatic carbocycles. The molecule has 0 aliphatic heterocycles. The van der Waals surface area contributed by atoms with Gasteiger partial charge in [-0.05, 0) is 36.4 Å².